The predicted octanol–water partition coefficient (Wildman–Crippen LogP) is 5.26. The summed E-state index contributed by atoms with van der Waals surface area (Å²) >= 11 is 0. The molecule has 0 fully saturated rings. The number of rotatable bonds is 14. The van der Waals surface area contributed by atoms with E-state index in [1.54, 1.807) is 24.3 Å². The normalized spacial score (nSPS) is 12.5. The van der Waals surface area contributed by atoms with Crippen LogP contribution in [0, 0.1) is 0 Å². The number of benzene rings is 2. The van der Waals surface area contributed by atoms with E-state index in [-0.39, 0.29) is 25.7 Å². The molecule has 0 heterocycles. The number of esters is 2. The lowest BCUT2D eigenvalue weighted by Crippen LogP contribution is -2.19. The molecule has 2 aromatic rings. The summed E-state index contributed by atoms with van der Waals surface area (Å²) < 4.78 is 4.98. The number of carbonyl (C=O) groups excluding carboxylic acids is 2. The molecule has 0 aromatic heterocycles. The molecule has 0 bridgehead atoms. The van der Waals surface area contributed by atoms with E-state index in [2.05, 4.69) is 13.8 Å². The summed E-state index contributed by atoms with van der Waals surface area (Å²) in [5, 5.41) is 18.6. The highest BCUT2D eigenvalue weighted by atomic mass is 16.6. The van der Waals surface area contributed by atoms with Crippen molar-refractivity contribution in [2.24, 2.45) is 0 Å². The molecule has 0 saturated heterocycles. The van der Waals surface area contributed by atoms with E-state index in [0.29, 0.717) is 11.1 Å². The Morgan fingerprint density at radius 2 is 0.971 bits per heavy atom. The van der Waals surface area contributed by atoms with Crippen molar-refractivity contribution in [3.05, 3.63) is 70.8 Å². The lowest BCUT2D eigenvalue weighted by atomic mass is 9.91. The van der Waals surface area contributed by atoms with Crippen LogP contribution in [0.15, 0.2) is 48.5 Å². The summed E-state index contributed by atoms with van der Waals surface area (Å²) in [5.74, 6) is -5.04. The summed E-state index contributed by atoms with van der Waals surface area (Å²) in [6.07, 6.45) is 2.69. The first-order valence-electron chi connectivity index (χ1n) is 12.1. The lowest BCUT2D eigenvalue weighted by molar-refractivity contribution is -0.160. The Balaban J connectivity index is 2.05. The number of carbonyl (C=O) groups is 4. The van der Waals surface area contributed by atoms with Gasteiger partial charge in [0, 0.05) is 11.8 Å². The Morgan fingerprint density at radius 3 is 1.26 bits per heavy atom. The number of aliphatic carboxylic acids is 2. The fourth-order valence-corrected chi connectivity index (χ4v) is 4.14. The van der Waals surface area contributed by atoms with E-state index in [0.717, 1.165) is 36.8 Å². The Hall–Kier alpha value is -3.48. The van der Waals surface area contributed by atoms with Gasteiger partial charge in [-0.25, -0.2) is 0 Å². The van der Waals surface area contributed by atoms with Gasteiger partial charge in [0.2, 0.25) is 0 Å². The van der Waals surface area contributed by atoms with Gasteiger partial charge >= 0.3 is 23.9 Å². The Morgan fingerprint density at radius 1 is 0.629 bits per heavy atom. The summed E-state index contributed by atoms with van der Waals surface area (Å²) in [5.41, 5.74) is 3.62. The topological polar surface area (TPSA) is 118 Å². The van der Waals surface area contributed by atoms with Crippen molar-refractivity contribution < 1.29 is 34.1 Å². The van der Waals surface area contributed by atoms with Gasteiger partial charge in [0.05, 0.1) is 25.7 Å². The number of carboxylic acid groups (broad SMARTS) is 2. The zero-order valence-corrected chi connectivity index (χ0v) is 20.4. The van der Waals surface area contributed by atoms with Crippen LogP contribution in [-0.4, -0.2) is 34.1 Å². The Kier molecular flexibility index (Phi) is 11.1. The van der Waals surface area contributed by atoms with Gasteiger partial charge < -0.3 is 14.9 Å². The lowest BCUT2D eigenvalue weighted by Gasteiger charge is -2.17. The highest BCUT2D eigenvalue weighted by Gasteiger charge is 2.25. The molecule has 0 amide bonds. The Labute approximate surface area is 206 Å². The first kappa shape index (κ1) is 27.8. The largest absolute Gasteiger partial charge is 0.481 e. The molecule has 0 radical (unpaired) electrons. The van der Waals surface area contributed by atoms with Crippen LogP contribution in [-0.2, 0) is 36.8 Å². The molecular formula is C28H34O7. The number of hydrogen-bond donors (Lipinski definition) is 2. The molecule has 2 N–H and O–H groups in total. The second-order valence-electron chi connectivity index (χ2n) is 8.83. The quantitative estimate of drug-likeness (QED) is 0.279. The van der Waals surface area contributed by atoms with Crippen LogP contribution in [0.3, 0.4) is 0 Å². The maximum atomic E-state index is 12.5. The van der Waals surface area contributed by atoms with E-state index in [1.165, 1.54) is 0 Å². The zero-order chi connectivity index (χ0) is 25.8. The summed E-state index contributed by atoms with van der Waals surface area (Å²) in [4.78, 5) is 47.7. The summed E-state index contributed by atoms with van der Waals surface area (Å²) in [7, 11) is 0. The third kappa shape index (κ3) is 9.73. The van der Waals surface area contributed by atoms with E-state index < -0.39 is 35.7 Å². The van der Waals surface area contributed by atoms with Gasteiger partial charge in [0.15, 0.2) is 0 Å². The van der Waals surface area contributed by atoms with Crippen LogP contribution >= 0.6 is 0 Å². The van der Waals surface area contributed by atoms with E-state index in [9.17, 15) is 29.4 Å². The molecule has 35 heavy (non-hydrogen) atoms. The van der Waals surface area contributed by atoms with Crippen LogP contribution in [0.2, 0.25) is 0 Å². The smallest absolute Gasteiger partial charge is 0.314 e. The fraction of sp³-hybridized carbons (Fsp3) is 0.429. The molecule has 2 atom stereocenters. The van der Waals surface area contributed by atoms with Crippen LogP contribution in [0.5, 0.6) is 0 Å². The summed E-state index contributed by atoms with van der Waals surface area (Å²) in [6, 6.07) is 14.9. The van der Waals surface area contributed by atoms with Gasteiger partial charge in [-0.1, -0.05) is 75.2 Å². The maximum Gasteiger partial charge on any atom is 0.314 e. The van der Waals surface area contributed by atoms with E-state index >= 15 is 0 Å². The van der Waals surface area contributed by atoms with Crippen LogP contribution in [0.4, 0.5) is 0 Å². The Bertz CT molecular complexity index is 911. The molecule has 0 aliphatic rings. The minimum atomic E-state index is -1.06. The molecule has 7 nitrogen and oxygen atoms in total. The molecular weight excluding hydrogens is 448 g/mol. The number of hydrogen-bond acceptors (Lipinski definition) is 5. The van der Waals surface area contributed by atoms with Crippen molar-refractivity contribution in [1.82, 2.24) is 0 Å². The van der Waals surface area contributed by atoms with Gasteiger partial charge in [-0.15, -0.1) is 0 Å². The standard InChI is InChI=1S/C28H34O7/c1-3-5-19-7-11-21(12-8-19)23(15-25(29)30)17-27(33)35-28(34)18-24(16-26(31)32)22-13-9-20(6-4-2)10-14-22/h7-14,23-24H,3-6,15-18H2,1-2H3,(H,29,30)(H,31,32). The maximum absolute atomic E-state index is 12.5. The molecule has 7 heteroatoms. The average Bonchev–Trinajstić information content (AvgIpc) is 2.79. The highest BCUT2D eigenvalue weighted by Crippen LogP contribution is 2.27. The van der Waals surface area contributed by atoms with Gasteiger partial charge in [-0.2, -0.15) is 0 Å². The zero-order valence-electron chi connectivity index (χ0n) is 20.4. The first-order chi connectivity index (χ1) is 16.7. The molecule has 188 valence electrons. The van der Waals surface area contributed by atoms with Crippen LogP contribution in [0.25, 0.3) is 0 Å². The van der Waals surface area contributed by atoms with Gasteiger partial charge in [-0.3, -0.25) is 19.2 Å². The van der Waals surface area contributed by atoms with Crippen molar-refractivity contribution in [3.8, 4) is 0 Å². The minimum Gasteiger partial charge on any atom is -0.481 e. The average molecular weight is 483 g/mol. The second kappa shape index (κ2) is 14.0. The van der Waals surface area contributed by atoms with Gasteiger partial charge in [0.1, 0.15) is 0 Å². The van der Waals surface area contributed by atoms with E-state index in [4.69, 9.17) is 4.74 Å². The van der Waals surface area contributed by atoms with Crippen LogP contribution in [0.1, 0.15) is 86.5 Å². The third-order valence-electron chi connectivity index (χ3n) is 5.88. The molecule has 2 aromatic carbocycles. The van der Waals surface area contributed by atoms with Crippen molar-refractivity contribution in [1.29, 1.82) is 0 Å². The molecule has 2 unspecified atom stereocenters. The molecule has 0 aliphatic heterocycles. The number of aryl methyl sites for hydroxylation is 2. The molecule has 2 rings (SSSR count). The van der Waals surface area contributed by atoms with Crippen molar-refractivity contribution in [2.75, 3.05) is 0 Å². The van der Waals surface area contributed by atoms with Crippen molar-refractivity contribution in [3.63, 3.8) is 0 Å². The van der Waals surface area contributed by atoms with Gasteiger partial charge in [0.25, 0.3) is 0 Å². The highest BCUT2D eigenvalue weighted by molar-refractivity contribution is 5.87. The number of ether oxygens (including phenoxy) is 1. The van der Waals surface area contributed by atoms with Gasteiger partial charge in [-0.05, 0) is 35.1 Å². The fourth-order valence-electron chi connectivity index (χ4n) is 4.14. The second-order valence-corrected chi connectivity index (χ2v) is 8.83. The third-order valence-corrected chi connectivity index (χ3v) is 5.88. The predicted molar refractivity (Wildman–Crippen MR) is 131 cm³/mol. The van der Waals surface area contributed by atoms with E-state index in [1.807, 2.05) is 24.3 Å². The molecule has 0 saturated carbocycles. The number of carboxylic acids is 2. The van der Waals surface area contributed by atoms with Crippen LogP contribution < -0.4 is 0 Å². The monoisotopic (exact) mass is 482 g/mol. The minimum absolute atomic E-state index is 0.263. The SMILES string of the molecule is CCCc1ccc(C(CC(=O)O)CC(=O)OC(=O)CC(CC(=O)O)c2ccc(CCC)cc2)cc1. The van der Waals surface area contributed by atoms with Crippen molar-refractivity contribution in [2.45, 2.75) is 77.0 Å². The molecule has 0 aliphatic carbocycles. The summed E-state index contributed by atoms with van der Waals surface area (Å²) in [6.45, 7) is 4.13. The first-order valence-corrected chi connectivity index (χ1v) is 12.1. The molecule has 0 spiro atoms. The van der Waals surface area contributed by atoms with Crippen molar-refractivity contribution >= 4 is 23.9 Å².